The van der Waals surface area contributed by atoms with E-state index in [0.717, 1.165) is 16.6 Å². The number of pyridine rings is 1. The second-order valence-corrected chi connectivity index (χ2v) is 5.63. The van der Waals surface area contributed by atoms with Gasteiger partial charge in [0.1, 0.15) is 11.9 Å². The molecule has 1 unspecified atom stereocenters. The van der Waals surface area contributed by atoms with Gasteiger partial charge in [-0.05, 0) is 34.5 Å². The molecule has 6 nitrogen and oxygen atoms in total. The molecule has 0 spiro atoms. The van der Waals surface area contributed by atoms with Crippen molar-refractivity contribution in [1.29, 1.82) is 0 Å². The van der Waals surface area contributed by atoms with E-state index in [9.17, 15) is 4.79 Å². The molecule has 1 aliphatic rings. The van der Waals surface area contributed by atoms with Crippen molar-refractivity contribution in [2.75, 3.05) is 16.8 Å². The fourth-order valence-electron chi connectivity index (χ4n) is 2.26. The Bertz CT molecular complexity index is 624. The minimum Gasteiger partial charge on any atom is -0.358 e. The zero-order valence-electron chi connectivity index (χ0n) is 11.0. The highest BCUT2D eigenvalue weighted by molar-refractivity contribution is 9.10. The number of aromatic nitrogens is 3. The zero-order valence-corrected chi connectivity index (χ0v) is 12.5. The third kappa shape index (κ3) is 2.53. The molecule has 20 heavy (non-hydrogen) atoms. The van der Waals surface area contributed by atoms with Crippen LogP contribution in [0.2, 0.25) is 0 Å². The van der Waals surface area contributed by atoms with Gasteiger partial charge in [-0.15, -0.1) is 0 Å². The summed E-state index contributed by atoms with van der Waals surface area (Å²) in [7, 11) is 1.84. The van der Waals surface area contributed by atoms with E-state index in [1.807, 2.05) is 25.4 Å². The fourth-order valence-corrected chi connectivity index (χ4v) is 2.49. The van der Waals surface area contributed by atoms with Crippen LogP contribution in [0.1, 0.15) is 6.42 Å². The van der Waals surface area contributed by atoms with Gasteiger partial charge >= 0.3 is 0 Å². The number of carbonyl (C=O) groups is 1. The van der Waals surface area contributed by atoms with Crippen LogP contribution in [0, 0.1) is 0 Å². The smallest absolute Gasteiger partial charge is 0.249 e. The Labute approximate surface area is 124 Å². The molecule has 0 saturated carbocycles. The molecule has 1 N–H and O–H groups in total. The highest BCUT2D eigenvalue weighted by Crippen LogP contribution is 2.22. The first kappa shape index (κ1) is 13.1. The Morgan fingerprint density at radius 2 is 2.25 bits per heavy atom. The van der Waals surface area contributed by atoms with E-state index in [1.54, 1.807) is 22.0 Å². The number of hydrogen-bond acceptors (Lipinski definition) is 4. The molecule has 1 atom stereocenters. The average Bonchev–Trinajstić information content (AvgIpc) is 3.00. The van der Waals surface area contributed by atoms with Gasteiger partial charge in [0.15, 0.2) is 0 Å². The number of rotatable bonds is 3. The Morgan fingerprint density at radius 3 is 2.90 bits per heavy atom. The zero-order chi connectivity index (χ0) is 14.1. The summed E-state index contributed by atoms with van der Waals surface area (Å²) in [6.07, 6.45) is 6.02. The molecule has 3 rings (SSSR count). The minimum atomic E-state index is -0.233. The molecule has 7 heteroatoms. The van der Waals surface area contributed by atoms with Crippen LogP contribution in [0.5, 0.6) is 0 Å². The van der Waals surface area contributed by atoms with Crippen LogP contribution in [-0.4, -0.2) is 33.3 Å². The highest BCUT2D eigenvalue weighted by atomic mass is 79.9. The quantitative estimate of drug-likeness (QED) is 0.928. The predicted octanol–water partition coefficient (Wildman–Crippen LogP) is 1.80. The summed E-state index contributed by atoms with van der Waals surface area (Å²) in [5.41, 5.74) is 0.838. The topological polar surface area (TPSA) is 63.1 Å². The Kier molecular flexibility index (Phi) is 3.43. The highest BCUT2D eigenvalue weighted by Gasteiger charge is 2.33. The number of anilines is 2. The van der Waals surface area contributed by atoms with E-state index < -0.39 is 0 Å². The van der Waals surface area contributed by atoms with Crippen molar-refractivity contribution in [3.63, 3.8) is 0 Å². The number of amides is 1. The number of nitrogens with one attached hydrogen (secondary N) is 1. The van der Waals surface area contributed by atoms with Gasteiger partial charge in [0, 0.05) is 30.5 Å². The lowest BCUT2D eigenvalue weighted by Gasteiger charge is -2.15. The molecule has 0 aliphatic carbocycles. The van der Waals surface area contributed by atoms with Gasteiger partial charge in [-0.3, -0.25) is 9.48 Å². The summed E-state index contributed by atoms with van der Waals surface area (Å²) >= 11 is 3.34. The summed E-state index contributed by atoms with van der Waals surface area (Å²) in [5, 5.41) is 7.27. The Hall–Kier alpha value is -1.89. The van der Waals surface area contributed by atoms with Crippen molar-refractivity contribution >= 4 is 33.3 Å². The van der Waals surface area contributed by atoms with Crippen LogP contribution in [0.3, 0.4) is 0 Å². The van der Waals surface area contributed by atoms with Crippen LogP contribution < -0.4 is 10.2 Å². The number of aryl methyl sites for hydroxylation is 1. The third-order valence-corrected chi connectivity index (χ3v) is 3.73. The van der Waals surface area contributed by atoms with Gasteiger partial charge in [0.2, 0.25) is 5.91 Å². The third-order valence-electron chi connectivity index (χ3n) is 3.26. The second-order valence-electron chi connectivity index (χ2n) is 4.71. The lowest BCUT2D eigenvalue weighted by atomic mass is 10.2. The summed E-state index contributed by atoms with van der Waals surface area (Å²) in [4.78, 5) is 18.4. The fraction of sp³-hybridized carbons (Fsp3) is 0.308. The van der Waals surface area contributed by atoms with Crippen molar-refractivity contribution in [1.82, 2.24) is 14.8 Å². The molecule has 1 fully saturated rings. The summed E-state index contributed by atoms with van der Waals surface area (Å²) in [5.74, 6) is 0.766. The van der Waals surface area contributed by atoms with Crippen LogP contribution in [-0.2, 0) is 11.8 Å². The lowest BCUT2D eigenvalue weighted by Crippen LogP contribution is -2.33. The van der Waals surface area contributed by atoms with E-state index in [-0.39, 0.29) is 11.9 Å². The number of hydrogen-bond donors (Lipinski definition) is 1. The predicted molar refractivity (Wildman–Crippen MR) is 79.5 cm³/mol. The molecule has 1 amide bonds. The molecule has 3 heterocycles. The molecule has 1 saturated heterocycles. The van der Waals surface area contributed by atoms with Crippen molar-refractivity contribution in [2.24, 2.45) is 7.05 Å². The van der Waals surface area contributed by atoms with Crippen molar-refractivity contribution in [2.45, 2.75) is 12.5 Å². The first-order chi connectivity index (χ1) is 9.63. The Morgan fingerprint density at radius 1 is 1.40 bits per heavy atom. The first-order valence-corrected chi connectivity index (χ1v) is 7.11. The van der Waals surface area contributed by atoms with Gasteiger partial charge in [-0.1, -0.05) is 0 Å². The van der Waals surface area contributed by atoms with E-state index >= 15 is 0 Å². The largest absolute Gasteiger partial charge is 0.358 e. The molecule has 1 aliphatic heterocycles. The standard InChI is InChI=1S/C13H14BrN5O/c1-18-8-10(7-16-18)19-5-4-11(13(19)20)17-12-3-2-9(14)6-15-12/h2-3,6-8,11H,4-5H2,1H3,(H,15,17). The lowest BCUT2D eigenvalue weighted by molar-refractivity contribution is -0.117. The van der Waals surface area contributed by atoms with Crippen molar-refractivity contribution in [3.8, 4) is 0 Å². The molecule has 0 aromatic carbocycles. The van der Waals surface area contributed by atoms with Gasteiger partial charge in [0.05, 0.1) is 11.9 Å². The molecule has 2 aromatic heterocycles. The maximum atomic E-state index is 12.4. The molecule has 0 radical (unpaired) electrons. The van der Waals surface area contributed by atoms with Gasteiger partial charge in [0.25, 0.3) is 0 Å². The molecular weight excluding hydrogens is 322 g/mol. The monoisotopic (exact) mass is 335 g/mol. The second kappa shape index (κ2) is 5.24. The van der Waals surface area contributed by atoms with Gasteiger partial charge in [-0.25, -0.2) is 4.98 Å². The average molecular weight is 336 g/mol. The number of halogens is 1. The van der Waals surface area contributed by atoms with Crippen molar-refractivity contribution < 1.29 is 4.79 Å². The number of nitrogens with zero attached hydrogens (tertiary/aromatic N) is 4. The van der Waals surface area contributed by atoms with E-state index in [4.69, 9.17) is 0 Å². The van der Waals surface area contributed by atoms with E-state index in [2.05, 4.69) is 31.3 Å². The van der Waals surface area contributed by atoms with Crippen molar-refractivity contribution in [3.05, 3.63) is 35.2 Å². The van der Waals surface area contributed by atoms with Crippen LogP contribution >= 0.6 is 15.9 Å². The maximum absolute atomic E-state index is 12.4. The van der Waals surface area contributed by atoms with Gasteiger partial charge in [-0.2, -0.15) is 5.10 Å². The number of carbonyl (C=O) groups excluding carboxylic acids is 1. The molecule has 104 valence electrons. The Balaban J connectivity index is 1.71. The normalized spacial score (nSPS) is 18.6. The van der Waals surface area contributed by atoms with Crippen LogP contribution in [0.15, 0.2) is 35.2 Å². The molecule has 0 bridgehead atoms. The molecule has 2 aromatic rings. The van der Waals surface area contributed by atoms with E-state index in [0.29, 0.717) is 12.4 Å². The van der Waals surface area contributed by atoms with Gasteiger partial charge < -0.3 is 10.2 Å². The summed E-state index contributed by atoms with van der Waals surface area (Å²) in [6, 6.07) is 3.52. The summed E-state index contributed by atoms with van der Waals surface area (Å²) < 4.78 is 2.61. The van der Waals surface area contributed by atoms with E-state index in [1.165, 1.54) is 0 Å². The minimum absolute atomic E-state index is 0.0581. The summed E-state index contributed by atoms with van der Waals surface area (Å²) in [6.45, 7) is 0.693. The molecular formula is C13H14BrN5O. The first-order valence-electron chi connectivity index (χ1n) is 6.31. The maximum Gasteiger partial charge on any atom is 0.249 e. The SMILES string of the molecule is Cn1cc(N2CCC(Nc3ccc(Br)cn3)C2=O)cn1. The van der Waals surface area contributed by atoms with Crippen LogP contribution in [0.4, 0.5) is 11.5 Å². The van der Waals surface area contributed by atoms with Crippen LogP contribution in [0.25, 0.3) is 0 Å².